The summed E-state index contributed by atoms with van der Waals surface area (Å²) in [4.78, 5) is 0. The molecule has 1 heteroatoms. The zero-order valence-corrected chi connectivity index (χ0v) is 7.25. The quantitative estimate of drug-likeness (QED) is 0.566. The fourth-order valence-corrected chi connectivity index (χ4v) is 1.66. The number of thiol groups is 1. The molecule has 1 fully saturated rings. The molecule has 0 N–H and O–H groups in total. The van der Waals surface area contributed by atoms with Crippen LogP contribution < -0.4 is 0 Å². The van der Waals surface area contributed by atoms with Gasteiger partial charge in [-0.25, -0.2) is 0 Å². The smallest absolute Gasteiger partial charge is 0.00758 e. The van der Waals surface area contributed by atoms with Gasteiger partial charge >= 0.3 is 0 Å². The minimum atomic E-state index is 0.269. The van der Waals surface area contributed by atoms with E-state index in [9.17, 15) is 0 Å². The average Bonchev–Trinajstić information content (AvgIpc) is 1.53. The molecule has 9 heavy (non-hydrogen) atoms. The van der Waals surface area contributed by atoms with Crippen molar-refractivity contribution < 1.29 is 0 Å². The first-order valence-electron chi connectivity index (χ1n) is 3.80. The van der Waals surface area contributed by atoms with Gasteiger partial charge in [-0.3, -0.25) is 0 Å². The Morgan fingerprint density at radius 2 is 2.00 bits per heavy atom. The lowest BCUT2D eigenvalue weighted by molar-refractivity contribution is 0.276. The molecule has 1 aliphatic rings. The van der Waals surface area contributed by atoms with Gasteiger partial charge in [0.2, 0.25) is 0 Å². The highest BCUT2D eigenvalue weighted by atomic mass is 32.1. The first-order valence-corrected chi connectivity index (χ1v) is 4.25. The van der Waals surface area contributed by atoms with Gasteiger partial charge in [0, 0.05) is 4.75 Å². The van der Waals surface area contributed by atoms with E-state index < -0.39 is 0 Å². The van der Waals surface area contributed by atoms with Gasteiger partial charge in [0.25, 0.3) is 0 Å². The zero-order valence-electron chi connectivity index (χ0n) is 6.35. The molecule has 0 amide bonds. The van der Waals surface area contributed by atoms with Crippen molar-refractivity contribution in [3.8, 4) is 0 Å². The summed E-state index contributed by atoms with van der Waals surface area (Å²) in [7, 11) is 0. The summed E-state index contributed by atoms with van der Waals surface area (Å²) >= 11 is 4.48. The van der Waals surface area contributed by atoms with E-state index in [1.165, 1.54) is 25.7 Å². The maximum atomic E-state index is 4.48. The molecule has 1 rings (SSSR count). The van der Waals surface area contributed by atoms with Crippen LogP contribution in [0.15, 0.2) is 0 Å². The van der Waals surface area contributed by atoms with Gasteiger partial charge in [0.05, 0.1) is 0 Å². The topological polar surface area (TPSA) is 0 Å². The molecule has 0 spiro atoms. The maximum Gasteiger partial charge on any atom is 0.00758 e. The number of rotatable bonds is 2. The van der Waals surface area contributed by atoms with Crippen molar-refractivity contribution in [2.75, 3.05) is 0 Å². The highest BCUT2D eigenvalue weighted by Gasteiger charge is 2.23. The first-order chi connectivity index (χ1) is 4.08. The average molecular weight is 144 g/mol. The molecule has 1 saturated carbocycles. The standard InChI is InChI=1S/C8H16S/c1-8(2,9)6-7-4-3-5-7/h7,9H,3-6H2,1-2H3. The van der Waals surface area contributed by atoms with E-state index >= 15 is 0 Å². The molecule has 0 saturated heterocycles. The second-order valence-electron chi connectivity index (χ2n) is 3.81. The summed E-state index contributed by atoms with van der Waals surface area (Å²) in [5, 5.41) is 0. The van der Waals surface area contributed by atoms with Crippen molar-refractivity contribution >= 4 is 12.6 Å². The fourth-order valence-electron chi connectivity index (χ4n) is 1.40. The van der Waals surface area contributed by atoms with Gasteiger partial charge in [0.1, 0.15) is 0 Å². The molecule has 0 aliphatic heterocycles. The predicted molar refractivity (Wildman–Crippen MR) is 45.0 cm³/mol. The third-order valence-electron chi connectivity index (χ3n) is 2.01. The van der Waals surface area contributed by atoms with Crippen LogP contribution in [0.2, 0.25) is 0 Å². The largest absolute Gasteiger partial charge is 0.173 e. The summed E-state index contributed by atoms with van der Waals surface area (Å²) in [5.74, 6) is 0.998. The van der Waals surface area contributed by atoms with Crippen molar-refractivity contribution in [3.05, 3.63) is 0 Å². The normalized spacial score (nSPS) is 21.7. The predicted octanol–water partition coefficient (Wildman–Crippen LogP) is 2.89. The Kier molecular flexibility index (Phi) is 2.10. The van der Waals surface area contributed by atoms with Crippen LogP contribution >= 0.6 is 12.6 Å². The summed E-state index contributed by atoms with van der Waals surface area (Å²) in [6, 6.07) is 0. The van der Waals surface area contributed by atoms with Crippen LogP contribution in [0.4, 0.5) is 0 Å². The Hall–Kier alpha value is 0.350. The Morgan fingerprint density at radius 1 is 1.44 bits per heavy atom. The van der Waals surface area contributed by atoms with Gasteiger partial charge in [0.15, 0.2) is 0 Å². The highest BCUT2D eigenvalue weighted by Crippen LogP contribution is 2.35. The zero-order chi connectivity index (χ0) is 6.91. The molecule has 0 radical (unpaired) electrons. The van der Waals surface area contributed by atoms with Crippen LogP contribution in [-0.4, -0.2) is 4.75 Å². The van der Waals surface area contributed by atoms with Crippen molar-refractivity contribution in [2.45, 2.75) is 44.3 Å². The molecule has 0 aromatic rings. The SMILES string of the molecule is CC(C)(S)CC1CCC1. The van der Waals surface area contributed by atoms with E-state index in [-0.39, 0.29) is 4.75 Å². The summed E-state index contributed by atoms with van der Waals surface area (Å²) < 4.78 is 0.269. The van der Waals surface area contributed by atoms with Gasteiger partial charge in [-0.05, 0) is 12.3 Å². The van der Waals surface area contributed by atoms with E-state index in [1.54, 1.807) is 0 Å². The van der Waals surface area contributed by atoms with Crippen molar-refractivity contribution in [2.24, 2.45) is 5.92 Å². The van der Waals surface area contributed by atoms with Crippen LogP contribution in [0.25, 0.3) is 0 Å². The van der Waals surface area contributed by atoms with Crippen LogP contribution in [0, 0.1) is 5.92 Å². The summed E-state index contributed by atoms with van der Waals surface area (Å²) in [6.45, 7) is 4.41. The third-order valence-corrected chi connectivity index (χ3v) is 2.20. The number of hydrogen-bond donors (Lipinski definition) is 1. The summed E-state index contributed by atoms with van der Waals surface area (Å²) in [5.41, 5.74) is 0. The molecule has 0 atom stereocenters. The molecule has 0 aromatic carbocycles. The van der Waals surface area contributed by atoms with Crippen molar-refractivity contribution in [3.63, 3.8) is 0 Å². The van der Waals surface area contributed by atoms with Gasteiger partial charge < -0.3 is 0 Å². The second-order valence-corrected chi connectivity index (χ2v) is 5.02. The lowest BCUT2D eigenvalue weighted by Crippen LogP contribution is -2.21. The van der Waals surface area contributed by atoms with E-state index in [0.29, 0.717) is 0 Å². The van der Waals surface area contributed by atoms with Crippen molar-refractivity contribution in [1.82, 2.24) is 0 Å². The van der Waals surface area contributed by atoms with Crippen LogP contribution in [0.1, 0.15) is 39.5 Å². The fraction of sp³-hybridized carbons (Fsp3) is 1.00. The Balaban J connectivity index is 2.16. The van der Waals surface area contributed by atoms with E-state index in [0.717, 1.165) is 5.92 Å². The second kappa shape index (κ2) is 2.53. The van der Waals surface area contributed by atoms with E-state index in [1.807, 2.05) is 0 Å². The minimum Gasteiger partial charge on any atom is -0.173 e. The van der Waals surface area contributed by atoms with Crippen LogP contribution in [0.5, 0.6) is 0 Å². The van der Waals surface area contributed by atoms with Crippen molar-refractivity contribution in [1.29, 1.82) is 0 Å². The molecular weight excluding hydrogens is 128 g/mol. The minimum absolute atomic E-state index is 0.269. The van der Waals surface area contributed by atoms with E-state index in [2.05, 4.69) is 26.5 Å². The third kappa shape index (κ3) is 2.61. The van der Waals surface area contributed by atoms with Gasteiger partial charge in [-0.15, -0.1) is 0 Å². The molecule has 0 aromatic heterocycles. The monoisotopic (exact) mass is 144 g/mol. The Labute approximate surface area is 63.4 Å². The maximum absolute atomic E-state index is 4.48. The molecule has 0 bridgehead atoms. The highest BCUT2D eigenvalue weighted by molar-refractivity contribution is 7.81. The molecule has 1 aliphatic carbocycles. The Morgan fingerprint density at radius 3 is 2.11 bits per heavy atom. The molecule has 0 nitrogen and oxygen atoms in total. The molecule has 0 heterocycles. The van der Waals surface area contributed by atoms with Crippen LogP contribution in [-0.2, 0) is 0 Å². The van der Waals surface area contributed by atoms with Gasteiger partial charge in [-0.1, -0.05) is 33.1 Å². The Bertz CT molecular complexity index is 87.2. The lowest BCUT2D eigenvalue weighted by atomic mass is 9.79. The lowest BCUT2D eigenvalue weighted by Gasteiger charge is -2.31. The van der Waals surface area contributed by atoms with Gasteiger partial charge in [-0.2, -0.15) is 12.6 Å². The van der Waals surface area contributed by atoms with Crippen LogP contribution in [0.3, 0.4) is 0 Å². The van der Waals surface area contributed by atoms with E-state index in [4.69, 9.17) is 0 Å². The summed E-state index contributed by atoms with van der Waals surface area (Å²) in [6.07, 6.45) is 5.65. The number of hydrogen-bond acceptors (Lipinski definition) is 1. The molecule has 0 unspecified atom stereocenters. The first kappa shape index (κ1) is 7.46. The molecular formula is C8H16S. The molecule has 54 valence electrons.